The average Bonchev–Trinajstić information content (AvgIpc) is 2.59. The summed E-state index contributed by atoms with van der Waals surface area (Å²) in [6, 6.07) is 15.5. The van der Waals surface area contributed by atoms with Crippen molar-refractivity contribution in [3.63, 3.8) is 0 Å². The van der Waals surface area contributed by atoms with E-state index in [0.29, 0.717) is 12.3 Å². The van der Waals surface area contributed by atoms with Crippen molar-refractivity contribution in [1.82, 2.24) is 5.32 Å². The molecular formula is C21H27NO3. The summed E-state index contributed by atoms with van der Waals surface area (Å²) in [6.07, 6.45) is -0.574. The van der Waals surface area contributed by atoms with Gasteiger partial charge in [0.15, 0.2) is 6.10 Å². The maximum Gasteiger partial charge on any atom is 0.261 e. The molecule has 0 heterocycles. The molecule has 0 fully saturated rings. The van der Waals surface area contributed by atoms with Gasteiger partial charge in [-0.2, -0.15) is 0 Å². The second-order valence-electron chi connectivity index (χ2n) is 7.06. The van der Waals surface area contributed by atoms with Gasteiger partial charge in [0.25, 0.3) is 5.91 Å². The van der Waals surface area contributed by atoms with Crippen molar-refractivity contribution < 1.29 is 14.3 Å². The number of para-hydroxylation sites is 1. The molecule has 1 atom stereocenters. The minimum Gasteiger partial charge on any atom is -0.496 e. The quantitative estimate of drug-likeness (QED) is 0.861. The van der Waals surface area contributed by atoms with Crippen molar-refractivity contribution in [2.45, 2.75) is 45.8 Å². The molecule has 2 aromatic rings. The third-order valence-corrected chi connectivity index (χ3v) is 4.05. The van der Waals surface area contributed by atoms with Gasteiger partial charge in [-0.25, -0.2) is 0 Å². The average molecular weight is 341 g/mol. The van der Waals surface area contributed by atoms with Gasteiger partial charge in [0.1, 0.15) is 11.5 Å². The van der Waals surface area contributed by atoms with Crippen molar-refractivity contribution in [1.29, 1.82) is 0 Å². The summed E-state index contributed by atoms with van der Waals surface area (Å²) in [6.45, 7) is 8.64. The Bertz CT molecular complexity index is 702. The molecule has 0 saturated carbocycles. The number of amides is 1. The molecule has 25 heavy (non-hydrogen) atoms. The van der Waals surface area contributed by atoms with Crippen LogP contribution in [0.2, 0.25) is 0 Å². The first kappa shape index (κ1) is 18.8. The molecule has 0 aliphatic rings. The fourth-order valence-corrected chi connectivity index (χ4v) is 2.47. The lowest BCUT2D eigenvalue weighted by Crippen LogP contribution is -2.36. The van der Waals surface area contributed by atoms with Gasteiger partial charge in [0, 0.05) is 12.1 Å². The van der Waals surface area contributed by atoms with E-state index in [2.05, 4.69) is 26.1 Å². The smallest absolute Gasteiger partial charge is 0.261 e. The first-order chi connectivity index (χ1) is 11.8. The fraction of sp³-hybridized carbons (Fsp3) is 0.381. The van der Waals surface area contributed by atoms with E-state index >= 15 is 0 Å². The van der Waals surface area contributed by atoms with E-state index in [0.717, 1.165) is 11.3 Å². The summed E-state index contributed by atoms with van der Waals surface area (Å²) < 4.78 is 11.0. The number of hydrogen-bond acceptors (Lipinski definition) is 3. The molecule has 0 spiro atoms. The standard InChI is InChI=1S/C21H27NO3/c1-15(25-18-12-10-17(11-13-18)21(2,3)4)20(23)22-14-16-8-6-7-9-19(16)24-5/h6-13,15H,14H2,1-5H3,(H,22,23)/t15-/m0/s1. The Labute approximate surface area is 150 Å². The molecule has 0 bridgehead atoms. The lowest BCUT2D eigenvalue weighted by molar-refractivity contribution is -0.127. The van der Waals surface area contributed by atoms with Crippen molar-refractivity contribution in [3.05, 3.63) is 59.7 Å². The molecule has 0 aliphatic heterocycles. The second-order valence-corrected chi connectivity index (χ2v) is 7.06. The molecule has 0 saturated heterocycles. The van der Waals surface area contributed by atoms with Gasteiger partial charge in [0.05, 0.1) is 7.11 Å². The van der Waals surface area contributed by atoms with Crippen LogP contribution in [0.15, 0.2) is 48.5 Å². The largest absolute Gasteiger partial charge is 0.496 e. The topological polar surface area (TPSA) is 47.6 Å². The van der Waals surface area contributed by atoms with Gasteiger partial charge in [-0.3, -0.25) is 4.79 Å². The molecule has 2 rings (SSSR count). The number of carbonyl (C=O) groups excluding carboxylic acids is 1. The number of hydrogen-bond donors (Lipinski definition) is 1. The summed E-state index contributed by atoms with van der Waals surface area (Å²) in [5, 5.41) is 2.89. The van der Waals surface area contributed by atoms with E-state index in [-0.39, 0.29) is 11.3 Å². The minimum atomic E-state index is -0.574. The molecule has 1 amide bonds. The number of ether oxygens (including phenoxy) is 2. The monoisotopic (exact) mass is 341 g/mol. The van der Waals surface area contributed by atoms with Crippen LogP contribution in [0.3, 0.4) is 0 Å². The van der Waals surface area contributed by atoms with Crippen LogP contribution in [0.25, 0.3) is 0 Å². The first-order valence-corrected chi connectivity index (χ1v) is 8.48. The maximum absolute atomic E-state index is 12.3. The van der Waals surface area contributed by atoms with E-state index < -0.39 is 6.10 Å². The zero-order valence-electron chi connectivity index (χ0n) is 15.6. The number of rotatable bonds is 6. The molecule has 0 unspecified atom stereocenters. The fourth-order valence-electron chi connectivity index (χ4n) is 2.47. The summed E-state index contributed by atoms with van der Waals surface area (Å²) in [5.74, 6) is 1.29. The highest BCUT2D eigenvalue weighted by molar-refractivity contribution is 5.80. The lowest BCUT2D eigenvalue weighted by Gasteiger charge is -2.20. The summed E-state index contributed by atoms with van der Waals surface area (Å²) in [7, 11) is 1.62. The lowest BCUT2D eigenvalue weighted by atomic mass is 9.87. The van der Waals surface area contributed by atoms with Crippen LogP contribution in [-0.4, -0.2) is 19.1 Å². The number of nitrogens with one attached hydrogen (secondary N) is 1. The van der Waals surface area contributed by atoms with E-state index in [4.69, 9.17) is 9.47 Å². The predicted octanol–water partition coefficient (Wildman–Crippen LogP) is 4.08. The molecule has 4 heteroatoms. The van der Waals surface area contributed by atoms with Crippen molar-refractivity contribution >= 4 is 5.91 Å². The van der Waals surface area contributed by atoms with Gasteiger partial charge in [-0.05, 0) is 36.1 Å². The zero-order valence-corrected chi connectivity index (χ0v) is 15.6. The zero-order chi connectivity index (χ0) is 18.4. The van der Waals surface area contributed by atoms with Crippen LogP contribution in [0.1, 0.15) is 38.8 Å². The van der Waals surface area contributed by atoms with Crippen LogP contribution in [0, 0.1) is 0 Å². The van der Waals surface area contributed by atoms with Gasteiger partial charge in [0.2, 0.25) is 0 Å². The minimum absolute atomic E-state index is 0.0935. The highest BCUT2D eigenvalue weighted by Crippen LogP contribution is 2.24. The SMILES string of the molecule is COc1ccccc1CNC(=O)[C@H](C)Oc1ccc(C(C)(C)C)cc1. The van der Waals surface area contributed by atoms with Gasteiger partial charge >= 0.3 is 0 Å². The second kappa shape index (κ2) is 8.06. The van der Waals surface area contributed by atoms with Crippen molar-refractivity contribution in [2.24, 2.45) is 0 Å². The molecule has 0 aliphatic carbocycles. The normalized spacial score (nSPS) is 12.4. The Balaban J connectivity index is 1.92. The van der Waals surface area contributed by atoms with E-state index in [1.165, 1.54) is 5.56 Å². The third-order valence-electron chi connectivity index (χ3n) is 4.05. The molecular weight excluding hydrogens is 314 g/mol. The summed E-state index contributed by atoms with van der Waals surface area (Å²) >= 11 is 0. The van der Waals surface area contributed by atoms with Crippen molar-refractivity contribution in [2.75, 3.05) is 7.11 Å². The van der Waals surface area contributed by atoms with E-state index in [1.807, 2.05) is 48.5 Å². The predicted molar refractivity (Wildman–Crippen MR) is 100 cm³/mol. The third kappa shape index (κ3) is 5.24. The molecule has 4 nitrogen and oxygen atoms in total. The van der Waals surface area contributed by atoms with Gasteiger partial charge < -0.3 is 14.8 Å². The Hall–Kier alpha value is -2.49. The van der Waals surface area contributed by atoms with Crippen LogP contribution >= 0.6 is 0 Å². The van der Waals surface area contributed by atoms with Crippen molar-refractivity contribution in [3.8, 4) is 11.5 Å². The van der Waals surface area contributed by atoms with Crippen LogP contribution in [0.4, 0.5) is 0 Å². The first-order valence-electron chi connectivity index (χ1n) is 8.48. The van der Waals surface area contributed by atoms with Crippen LogP contribution < -0.4 is 14.8 Å². The molecule has 2 aromatic carbocycles. The van der Waals surface area contributed by atoms with E-state index in [9.17, 15) is 4.79 Å². The molecule has 1 N–H and O–H groups in total. The molecule has 134 valence electrons. The maximum atomic E-state index is 12.3. The number of benzene rings is 2. The highest BCUT2D eigenvalue weighted by Gasteiger charge is 2.17. The Kier molecular flexibility index (Phi) is 6.07. The Morgan fingerprint density at radius 1 is 1.08 bits per heavy atom. The van der Waals surface area contributed by atoms with Gasteiger partial charge in [-0.15, -0.1) is 0 Å². The Morgan fingerprint density at radius 3 is 2.32 bits per heavy atom. The highest BCUT2D eigenvalue weighted by atomic mass is 16.5. The molecule has 0 radical (unpaired) electrons. The number of carbonyl (C=O) groups is 1. The van der Waals surface area contributed by atoms with Gasteiger partial charge in [-0.1, -0.05) is 51.1 Å². The molecule has 0 aromatic heterocycles. The van der Waals surface area contributed by atoms with Crippen LogP contribution in [0.5, 0.6) is 11.5 Å². The Morgan fingerprint density at radius 2 is 1.72 bits per heavy atom. The summed E-state index contributed by atoms with van der Waals surface area (Å²) in [4.78, 5) is 12.3. The number of methoxy groups -OCH3 is 1. The summed E-state index contributed by atoms with van der Waals surface area (Å²) in [5.41, 5.74) is 2.25. The van der Waals surface area contributed by atoms with E-state index in [1.54, 1.807) is 14.0 Å². The van der Waals surface area contributed by atoms with Crippen LogP contribution in [-0.2, 0) is 16.8 Å².